The van der Waals surface area contributed by atoms with Crippen LogP contribution in [0, 0.1) is 29.1 Å². The van der Waals surface area contributed by atoms with Gasteiger partial charge in [-0.2, -0.15) is 0 Å². The summed E-state index contributed by atoms with van der Waals surface area (Å²) in [4.78, 5) is 0. The molecule has 156 valence electrons. The fraction of sp³-hybridized carbons (Fsp3) is 0. The predicted octanol–water partition coefficient (Wildman–Crippen LogP) is 4.43. The third kappa shape index (κ3) is 3.61. The van der Waals surface area contributed by atoms with Crippen LogP contribution in [-0.2, 0) is 0 Å². The van der Waals surface area contributed by atoms with Crippen molar-refractivity contribution in [2.75, 3.05) is 0 Å². The molecule has 0 amide bonds. The Morgan fingerprint density at radius 2 is 0.710 bits per heavy atom. The monoisotopic (exact) mass is 488 g/mol. The van der Waals surface area contributed by atoms with Gasteiger partial charge in [0, 0.05) is 0 Å². The van der Waals surface area contributed by atoms with Gasteiger partial charge in [0.05, 0.1) is 0 Å². The van der Waals surface area contributed by atoms with Crippen LogP contribution in [0.1, 0.15) is 0 Å². The summed E-state index contributed by atoms with van der Waals surface area (Å²) in [5.74, 6) is -11.6. The third-order valence-corrected chi connectivity index (χ3v) is 13.3. The number of rotatable bonds is 5. The molecule has 0 spiro atoms. The molecule has 0 fully saturated rings. The zero-order chi connectivity index (χ0) is 22.0. The molecule has 31 heavy (non-hydrogen) atoms. The van der Waals surface area contributed by atoms with E-state index in [9.17, 15) is 22.0 Å². The molecule has 0 atom stereocenters. The van der Waals surface area contributed by atoms with E-state index in [1.807, 2.05) is 0 Å². The van der Waals surface area contributed by atoms with Crippen molar-refractivity contribution in [3.63, 3.8) is 0 Å². The Balaban J connectivity index is 2.08. The molecule has 0 heterocycles. The molecule has 0 aliphatic heterocycles. The molecule has 0 aliphatic rings. The molecule has 0 unspecified atom stereocenters. The minimum atomic E-state index is -4.44. The summed E-state index contributed by atoms with van der Waals surface area (Å²) in [6, 6.07) is 26.2. The molecule has 0 radical (unpaired) electrons. The number of hydrogen-bond acceptors (Lipinski definition) is 1. The van der Waals surface area contributed by atoms with Crippen LogP contribution in [-0.4, -0.2) is 13.6 Å². The Bertz CT molecular complexity index is 1080. The van der Waals surface area contributed by atoms with Gasteiger partial charge in [-0.15, -0.1) is 0 Å². The van der Waals surface area contributed by atoms with Crippen molar-refractivity contribution in [1.29, 1.82) is 0 Å². The van der Waals surface area contributed by atoms with Crippen molar-refractivity contribution in [3.05, 3.63) is 120 Å². The quantitative estimate of drug-likeness (QED) is 0.175. The Morgan fingerprint density at radius 1 is 0.419 bits per heavy atom. The second kappa shape index (κ2) is 8.55. The van der Waals surface area contributed by atoms with Gasteiger partial charge in [0.25, 0.3) is 0 Å². The first-order chi connectivity index (χ1) is 15.0. The molecule has 0 N–H and O–H groups in total. The molecular weight excluding hydrogens is 472 g/mol. The van der Waals surface area contributed by atoms with Crippen LogP contribution in [0.3, 0.4) is 0 Å². The third-order valence-electron chi connectivity index (χ3n) is 4.97. The van der Waals surface area contributed by atoms with E-state index in [1.165, 1.54) is 0 Å². The molecule has 4 aromatic carbocycles. The van der Waals surface area contributed by atoms with E-state index in [-0.39, 0.29) is 0 Å². The van der Waals surface area contributed by atoms with E-state index in [2.05, 4.69) is 0 Å². The van der Waals surface area contributed by atoms with Gasteiger partial charge >= 0.3 is 178 Å². The van der Waals surface area contributed by atoms with Gasteiger partial charge in [0.15, 0.2) is 0 Å². The predicted molar refractivity (Wildman–Crippen MR) is 111 cm³/mol. The maximum absolute atomic E-state index is 14.7. The first-order valence-corrected chi connectivity index (χ1v) is 13.3. The molecule has 7 heteroatoms. The molecule has 4 aromatic rings. The van der Waals surface area contributed by atoms with Crippen LogP contribution in [0.4, 0.5) is 22.0 Å². The fourth-order valence-electron chi connectivity index (χ4n) is 3.52. The number of benzene rings is 4. The van der Waals surface area contributed by atoms with Crippen LogP contribution in [0.2, 0.25) is 0 Å². The van der Waals surface area contributed by atoms with E-state index in [0.717, 1.165) is 0 Å². The van der Waals surface area contributed by atoms with Crippen molar-refractivity contribution in [2.24, 2.45) is 0 Å². The zero-order valence-corrected chi connectivity index (χ0v) is 18.1. The van der Waals surface area contributed by atoms with Crippen LogP contribution < -0.4 is 17.0 Å². The van der Waals surface area contributed by atoms with Gasteiger partial charge < -0.3 is 0 Å². The molecular formula is C24H15F5GeO. The van der Waals surface area contributed by atoms with E-state index >= 15 is 0 Å². The van der Waals surface area contributed by atoms with E-state index < -0.39 is 48.4 Å². The zero-order valence-electron chi connectivity index (χ0n) is 16.0. The van der Waals surface area contributed by atoms with Crippen LogP contribution in [0.15, 0.2) is 91.0 Å². The normalized spacial score (nSPS) is 11.4. The average Bonchev–Trinajstić information content (AvgIpc) is 2.83. The standard InChI is InChI=1S/C24H15F5GeO/c25-19-20(26)22(28)24(23(29)21(19)27)31-30(16-10-4-1-5-11-16,17-12-6-2-7-13-17)18-14-8-3-9-15-18/h1-15H. The molecule has 4 rings (SSSR count). The van der Waals surface area contributed by atoms with Gasteiger partial charge in [-0.25, -0.2) is 0 Å². The minimum absolute atomic E-state index is 0.629. The maximum atomic E-state index is 14.7. The Kier molecular flexibility index (Phi) is 5.82. The molecule has 0 saturated heterocycles. The summed E-state index contributed by atoms with van der Waals surface area (Å²) >= 11 is -4.44. The van der Waals surface area contributed by atoms with Crippen molar-refractivity contribution in [2.45, 2.75) is 0 Å². The topological polar surface area (TPSA) is 9.23 Å². The number of hydrogen-bond donors (Lipinski definition) is 0. The molecule has 1 nitrogen and oxygen atoms in total. The second-order valence-corrected chi connectivity index (χ2v) is 13.7. The molecule has 0 aromatic heterocycles. The van der Waals surface area contributed by atoms with Crippen molar-refractivity contribution < 1.29 is 25.7 Å². The summed E-state index contributed by atoms with van der Waals surface area (Å²) in [5.41, 5.74) is 0. The Labute approximate surface area is 178 Å². The van der Waals surface area contributed by atoms with Crippen LogP contribution in [0.5, 0.6) is 5.75 Å². The Hall–Kier alpha value is -3.13. The summed E-state index contributed by atoms with van der Waals surface area (Å²) in [6.07, 6.45) is 0. The van der Waals surface area contributed by atoms with Crippen molar-refractivity contribution in [1.82, 2.24) is 0 Å². The summed E-state index contributed by atoms with van der Waals surface area (Å²) in [6.45, 7) is 0. The summed E-state index contributed by atoms with van der Waals surface area (Å²) < 4.78 is 78.8. The van der Waals surface area contributed by atoms with E-state index in [0.29, 0.717) is 13.2 Å². The first kappa shape index (κ1) is 21.1. The Morgan fingerprint density at radius 3 is 1.03 bits per heavy atom. The van der Waals surface area contributed by atoms with Gasteiger partial charge in [0.1, 0.15) is 0 Å². The molecule has 0 saturated carbocycles. The first-order valence-electron chi connectivity index (χ1n) is 9.34. The van der Waals surface area contributed by atoms with E-state index in [1.54, 1.807) is 91.0 Å². The van der Waals surface area contributed by atoms with Gasteiger partial charge in [-0.1, -0.05) is 0 Å². The summed E-state index contributed by atoms with van der Waals surface area (Å²) in [7, 11) is 0. The van der Waals surface area contributed by atoms with Gasteiger partial charge in [-0.05, 0) is 0 Å². The average molecular weight is 487 g/mol. The SMILES string of the molecule is Fc1c(F)c(F)c([O][Ge]([c]2ccccc2)([c]2ccccc2)[c]2ccccc2)c(F)c1F. The second-order valence-electron chi connectivity index (χ2n) is 6.78. The van der Waals surface area contributed by atoms with Crippen LogP contribution in [0.25, 0.3) is 0 Å². The van der Waals surface area contributed by atoms with Crippen molar-refractivity contribution in [3.8, 4) is 5.75 Å². The number of halogens is 5. The fourth-order valence-corrected chi connectivity index (χ4v) is 11.5. The molecule has 0 bridgehead atoms. The van der Waals surface area contributed by atoms with Gasteiger partial charge in [0.2, 0.25) is 0 Å². The van der Waals surface area contributed by atoms with E-state index in [4.69, 9.17) is 3.76 Å². The van der Waals surface area contributed by atoms with Crippen molar-refractivity contribution >= 4 is 26.8 Å². The van der Waals surface area contributed by atoms with Crippen LogP contribution >= 0.6 is 0 Å². The van der Waals surface area contributed by atoms with Gasteiger partial charge in [-0.3, -0.25) is 0 Å². The summed E-state index contributed by atoms with van der Waals surface area (Å²) in [5, 5.41) is 0. The molecule has 0 aliphatic carbocycles.